The van der Waals surface area contributed by atoms with Crippen molar-refractivity contribution in [2.75, 3.05) is 0 Å². The molecule has 0 unspecified atom stereocenters. The lowest BCUT2D eigenvalue weighted by molar-refractivity contribution is 0.0681. The first-order chi connectivity index (χ1) is 9.97. The van der Waals surface area contributed by atoms with Crippen LogP contribution in [0.15, 0.2) is 46.9 Å². The Labute approximate surface area is 129 Å². The topological polar surface area (TPSA) is 74.6 Å². The number of carbonyl (C=O) groups is 2. The summed E-state index contributed by atoms with van der Waals surface area (Å²) >= 11 is 3.35. The molecule has 0 aliphatic carbocycles. The van der Waals surface area contributed by atoms with Gasteiger partial charge in [0.1, 0.15) is 0 Å². The molecule has 0 saturated heterocycles. The van der Waals surface area contributed by atoms with E-state index >= 15 is 0 Å². The number of carboxylic acids is 2. The lowest BCUT2D eigenvalue weighted by Crippen LogP contribution is -2.03. The van der Waals surface area contributed by atoms with Crippen LogP contribution in [0.4, 0.5) is 0 Å². The molecule has 2 aromatic carbocycles. The molecule has 0 heterocycles. The van der Waals surface area contributed by atoms with Gasteiger partial charge >= 0.3 is 11.9 Å². The van der Waals surface area contributed by atoms with Gasteiger partial charge in [0.05, 0.1) is 11.1 Å². The minimum absolute atomic E-state index is 0.0499. The van der Waals surface area contributed by atoms with Crippen molar-refractivity contribution in [2.45, 2.75) is 0 Å². The Morgan fingerprint density at radius 3 is 2.33 bits per heavy atom. The van der Waals surface area contributed by atoms with Crippen molar-refractivity contribution in [1.82, 2.24) is 0 Å². The third-order valence-electron chi connectivity index (χ3n) is 2.83. The summed E-state index contributed by atoms with van der Waals surface area (Å²) in [6, 6.07) is 11.4. The Hall–Kier alpha value is -2.40. The minimum Gasteiger partial charge on any atom is -0.478 e. The molecule has 2 N–H and O–H groups in total. The smallest absolute Gasteiger partial charge is 0.336 e. The molecular formula is C16H11BrO4. The number of rotatable bonds is 4. The maximum absolute atomic E-state index is 11.2. The third-order valence-corrected chi connectivity index (χ3v) is 3.33. The van der Waals surface area contributed by atoms with E-state index in [0.29, 0.717) is 5.56 Å². The molecule has 2 rings (SSSR count). The van der Waals surface area contributed by atoms with Gasteiger partial charge in [-0.05, 0) is 41.5 Å². The first kappa shape index (κ1) is 15.0. The van der Waals surface area contributed by atoms with Crippen LogP contribution in [0.2, 0.25) is 0 Å². The molecule has 0 bridgehead atoms. The van der Waals surface area contributed by atoms with Crippen LogP contribution in [0, 0.1) is 0 Å². The van der Waals surface area contributed by atoms with Gasteiger partial charge in [-0.3, -0.25) is 0 Å². The van der Waals surface area contributed by atoms with Gasteiger partial charge in [-0.2, -0.15) is 0 Å². The molecule has 2 aromatic rings. The van der Waals surface area contributed by atoms with Crippen molar-refractivity contribution < 1.29 is 19.8 Å². The van der Waals surface area contributed by atoms with Crippen LogP contribution < -0.4 is 0 Å². The Morgan fingerprint density at radius 1 is 0.952 bits per heavy atom. The van der Waals surface area contributed by atoms with Gasteiger partial charge in [0.15, 0.2) is 0 Å². The number of aromatic carboxylic acids is 2. The lowest BCUT2D eigenvalue weighted by Gasteiger charge is -2.03. The van der Waals surface area contributed by atoms with Crippen molar-refractivity contribution in [2.24, 2.45) is 0 Å². The summed E-state index contributed by atoms with van der Waals surface area (Å²) in [5.41, 5.74) is 1.34. The number of halogens is 1. The summed E-state index contributed by atoms with van der Waals surface area (Å²) in [5, 5.41) is 18.1. The van der Waals surface area contributed by atoms with Crippen LogP contribution in [0.1, 0.15) is 31.8 Å². The van der Waals surface area contributed by atoms with E-state index in [4.69, 9.17) is 10.2 Å². The maximum atomic E-state index is 11.2. The summed E-state index contributed by atoms with van der Waals surface area (Å²) in [4.78, 5) is 22.2. The molecule has 0 aromatic heterocycles. The highest BCUT2D eigenvalue weighted by Crippen LogP contribution is 2.18. The van der Waals surface area contributed by atoms with Crippen LogP contribution in [-0.2, 0) is 0 Å². The van der Waals surface area contributed by atoms with Gasteiger partial charge in [0.2, 0.25) is 0 Å². The average Bonchev–Trinajstić information content (AvgIpc) is 2.44. The van der Waals surface area contributed by atoms with Crippen molar-refractivity contribution >= 4 is 40.0 Å². The fraction of sp³-hybridized carbons (Fsp3) is 0. The lowest BCUT2D eigenvalue weighted by atomic mass is 10.0. The number of benzene rings is 2. The van der Waals surface area contributed by atoms with E-state index in [-0.39, 0.29) is 11.1 Å². The molecule has 0 amide bonds. The molecule has 0 fully saturated rings. The molecule has 0 saturated carbocycles. The SMILES string of the molecule is O=C(O)c1ccc(C(=O)O)c(C=Cc2cccc(Br)c2)c1. The molecule has 0 spiro atoms. The van der Waals surface area contributed by atoms with Crippen molar-refractivity contribution in [1.29, 1.82) is 0 Å². The second kappa shape index (κ2) is 6.37. The van der Waals surface area contributed by atoms with E-state index in [1.807, 2.05) is 24.3 Å². The quantitative estimate of drug-likeness (QED) is 0.820. The zero-order chi connectivity index (χ0) is 15.4. The molecule has 21 heavy (non-hydrogen) atoms. The van der Waals surface area contributed by atoms with Gasteiger partial charge in [-0.15, -0.1) is 0 Å². The standard InChI is InChI=1S/C16H11BrO4/c17-13-3-1-2-10(8-13)4-5-11-9-12(15(18)19)6-7-14(11)16(20)21/h1-9H,(H,18,19)(H,20,21). The average molecular weight is 347 g/mol. The largest absolute Gasteiger partial charge is 0.478 e. The molecule has 106 valence electrons. The fourth-order valence-corrected chi connectivity index (χ4v) is 2.24. The summed E-state index contributed by atoms with van der Waals surface area (Å²) in [7, 11) is 0. The number of hydrogen-bond donors (Lipinski definition) is 2. The normalized spacial score (nSPS) is 10.7. The minimum atomic E-state index is -1.10. The van der Waals surface area contributed by atoms with Crippen LogP contribution in [0.5, 0.6) is 0 Å². The van der Waals surface area contributed by atoms with Crippen LogP contribution in [0.3, 0.4) is 0 Å². The van der Waals surface area contributed by atoms with E-state index < -0.39 is 11.9 Å². The summed E-state index contributed by atoms with van der Waals surface area (Å²) in [6.07, 6.45) is 3.33. The Balaban J connectivity index is 2.43. The van der Waals surface area contributed by atoms with Gasteiger partial charge in [0, 0.05) is 4.47 Å². The fourth-order valence-electron chi connectivity index (χ4n) is 1.82. The molecule has 4 nitrogen and oxygen atoms in total. The maximum Gasteiger partial charge on any atom is 0.336 e. The molecule has 0 atom stereocenters. The Kier molecular flexibility index (Phi) is 4.55. The summed E-state index contributed by atoms with van der Waals surface area (Å²) in [5.74, 6) is -2.19. The van der Waals surface area contributed by atoms with Crippen LogP contribution in [-0.4, -0.2) is 22.2 Å². The van der Waals surface area contributed by atoms with E-state index in [2.05, 4.69) is 15.9 Å². The molecule has 5 heteroatoms. The molecular weight excluding hydrogens is 336 g/mol. The number of hydrogen-bond acceptors (Lipinski definition) is 2. The Morgan fingerprint density at radius 2 is 1.71 bits per heavy atom. The monoisotopic (exact) mass is 346 g/mol. The van der Waals surface area contributed by atoms with Crippen molar-refractivity contribution in [3.05, 3.63) is 69.2 Å². The zero-order valence-electron chi connectivity index (χ0n) is 10.8. The predicted octanol–water partition coefficient (Wildman–Crippen LogP) is 4.02. The zero-order valence-corrected chi connectivity index (χ0v) is 12.4. The van der Waals surface area contributed by atoms with Gasteiger partial charge in [-0.1, -0.05) is 40.2 Å². The van der Waals surface area contributed by atoms with Crippen molar-refractivity contribution in [3.8, 4) is 0 Å². The van der Waals surface area contributed by atoms with E-state index in [1.165, 1.54) is 18.2 Å². The molecule has 0 radical (unpaired) electrons. The van der Waals surface area contributed by atoms with E-state index in [0.717, 1.165) is 10.0 Å². The molecule has 0 aliphatic heterocycles. The van der Waals surface area contributed by atoms with Gasteiger partial charge < -0.3 is 10.2 Å². The summed E-state index contributed by atoms with van der Waals surface area (Å²) < 4.78 is 0.905. The Bertz CT molecular complexity index is 735. The first-order valence-corrected chi connectivity index (χ1v) is 6.81. The highest BCUT2D eigenvalue weighted by Gasteiger charge is 2.11. The van der Waals surface area contributed by atoms with E-state index in [9.17, 15) is 9.59 Å². The van der Waals surface area contributed by atoms with Crippen LogP contribution >= 0.6 is 15.9 Å². The first-order valence-electron chi connectivity index (χ1n) is 6.01. The highest BCUT2D eigenvalue weighted by molar-refractivity contribution is 9.10. The predicted molar refractivity (Wildman–Crippen MR) is 83.4 cm³/mol. The third kappa shape index (κ3) is 3.79. The molecule has 0 aliphatic rings. The second-order valence-corrected chi connectivity index (χ2v) is 5.22. The van der Waals surface area contributed by atoms with Gasteiger partial charge in [-0.25, -0.2) is 9.59 Å². The van der Waals surface area contributed by atoms with E-state index in [1.54, 1.807) is 12.2 Å². The second-order valence-electron chi connectivity index (χ2n) is 4.30. The van der Waals surface area contributed by atoms with Crippen molar-refractivity contribution in [3.63, 3.8) is 0 Å². The van der Waals surface area contributed by atoms with Gasteiger partial charge in [0.25, 0.3) is 0 Å². The summed E-state index contributed by atoms with van der Waals surface area (Å²) in [6.45, 7) is 0. The number of carboxylic acid groups (broad SMARTS) is 2. The van der Waals surface area contributed by atoms with Crippen LogP contribution in [0.25, 0.3) is 12.2 Å². The highest BCUT2D eigenvalue weighted by atomic mass is 79.9.